The summed E-state index contributed by atoms with van der Waals surface area (Å²) in [5, 5.41) is 2.77. The van der Waals surface area contributed by atoms with Crippen molar-refractivity contribution in [3.8, 4) is 0 Å². The van der Waals surface area contributed by atoms with Gasteiger partial charge in [0.1, 0.15) is 5.76 Å². The van der Waals surface area contributed by atoms with E-state index in [1.54, 1.807) is 13.1 Å². The molecule has 1 amide bonds. The number of ketones is 1. The highest BCUT2D eigenvalue weighted by Gasteiger charge is 2.28. The summed E-state index contributed by atoms with van der Waals surface area (Å²) in [6.07, 6.45) is 3.71. The van der Waals surface area contributed by atoms with E-state index >= 15 is 0 Å². The van der Waals surface area contributed by atoms with Gasteiger partial charge in [-0.3, -0.25) is 14.6 Å². The molecule has 2 aromatic rings. The molecule has 0 aromatic carbocycles. The summed E-state index contributed by atoms with van der Waals surface area (Å²) < 4.78 is 5.60. The second kappa shape index (κ2) is 5.52. The van der Waals surface area contributed by atoms with Gasteiger partial charge in [-0.15, -0.1) is 0 Å². The number of furan rings is 1. The number of carbonyl (C=O) groups excluding carboxylic acids is 2. The third kappa shape index (κ3) is 2.59. The smallest absolute Gasteiger partial charge is 0.287 e. The van der Waals surface area contributed by atoms with Crippen molar-refractivity contribution in [1.82, 2.24) is 10.3 Å². The molecule has 0 fully saturated rings. The number of aryl methyl sites for hydroxylation is 1. The van der Waals surface area contributed by atoms with Crippen LogP contribution in [-0.2, 0) is 13.0 Å². The van der Waals surface area contributed by atoms with Crippen LogP contribution in [0, 0.1) is 6.92 Å². The molecule has 0 radical (unpaired) electrons. The van der Waals surface area contributed by atoms with Crippen LogP contribution in [0.2, 0.25) is 0 Å². The third-order valence-electron chi connectivity index (χ3n) is 3.67. The van der Waals surface area contributed by atoms with E-state index in [1.165, 1.54) is 0 Å². The van der Waals surface area contributed by atoms with Gasteiger partial charge in [0.2, 0.25) is 0 Å². The maximum absolute atomic E-state index is 12.2. The summed E-state index contributed by atoms with van der Waals surface area (Å²) in [5.74, 6) is 0.652. The molecular weight excluding hydrogens is 268 g/mol. The molecule has 2 heterocycles. The second-order valence-electron chi connectivity index (χ2n) is 5.13. The number of carbonyl (C=O) groups is 2. The summed E-state index contributed by atoms with van der Waals surface area (Å²) in [5.41, 5.74) is 2.02. The molecule has 1 N–H and O–H groups in total. The van der Waals surface area contributed by atoms with E-state index in [0.717, 1.165) is 18.5 Å². The number of hydrogen-bond donors (Lipinski definition) is 1. The van der Waals surface area contributed by atoms with Gasteiger partial charge in [0.25, 0.3) is 5.91 Å². The van der Waals surface area contributed by atoms with Crippen molar-refractivity contribution >= 4 is 11.7 Å². The predicted molar refractivity (Wildman–Crippen MR) is 76.1 cm³/mol. The maximum Gasteiger partial charge on any atom is 0.287 e. The Kier molecular flexibility index (Phi) is 3.56. The number of fused-ring (bicyclic) bond motifs is 1. The van der Waals surface area contributed by atoms with Crippen molar-refractivity contribution in [2.45, 2.75) is 32.7 Å². The van der Waals surface area contributed by atoms with Crippen LogP contribution in [0.3, 0.4) is 0 Å². The number of amides is 1. The number of nitrogens with one attached hydrogen (secondary N) is 1. The van der Waals surface area contributed by atoms with Gasteiger partial charge >= 0.3 is 0 Å². The molecular formula is C16H16N2O3. The molecule has 0 spiro atoms. The first kappa shape index (κ1) is 13.5. The molecule has 3 rings (SSSR count). The fourth-order valence-corrected chi connectivity index (χ4v) is 2.62. The van der Waals surface area contributed by atoms with Crippen molar-refractivity contribution in [1.29, 1.82) is 0 Å². The Hall–Kier alpha value is -2.43. The number of Topliss-reactive ketones (excluding diaryl/α,β-unsaturated/α-hetero) is 1. The Morgan fingerprint density at radius 2 is 2.24 bits per heavy atom. The molecule has 2 aromatic heterocycles. The molecule has 0 unspecified atom stereocenters. The fourth-order valence-electron chi connectivity index (χ4n) is 2.62. The van der Waals surface area contributed by atoms with E-state index < -0.39 is 0 Å². The lowest BCUT2D eigenvalue weighted by atomic mass is 9.94. The second-order valence-corrected chi connectivity index (χ2v) is 5.13. The molecule has 0 bridgehead atoms. The Bertz CT molecular complexity index is 689. The molecule has 0 atom stereocenters. The molecule has 108 valence electrons. The monoisotopic (exact) mass is 284 g/mol. The summed E-state index contributed by atoms with van der Waals surface area (Å²) in [6.45, 7) is 2.10. The van der Waals surface area contributed by atoms with E-state index in [1.807, 2.05) is 18.2 Å². The quantitative estimate of drug-likeness (QED) is 0.939. The van der Waals surface area contributed by atoms with Gasteiger partial charge < -0.3 is 9.73 Å². The minimum atomic E-state index is -0.305. The van der Waals surface area contributed by atoms with Crippen molar-refractivity contribution in [3.63, 3.8) is 0 Å². The van der Waals surface area contributed by atoms with Crippen LogP contribution >= 0.6 is 0 Å². The molecule has 0 aliphatic heterocycles. The Labute approximate surface area is 122 Å². The van der Waals surface area contributed by atoms with Crippen LogP contribution in [0.15, 0.2) is 28.8 Å². The van der Waals surface area contributed by atoms with Crippen LogP contribution in [0.25, 0.3) is 0 Å². The molecule has 5 nitrogen and oxygen atoms in total. The van der Waals surface area contributed by atoms with Crippen molar-refractivity contribution in [2.24, 2.45) is 0 Å². The zero-order valence-corrected chi connectivity index (χ0v) is 11.8. The van der Waals surface area contributed by atoms with E-state index in [9.17, 15) is 9.59 Å². The number of pyridine rings is 1. The van der Waals surface area contributed by atoms with E-state index in [-0.39, 0.29) is 17.5 Å². The number of rotatable bonds is 3. The van der Waals surface area contributed by atoms with Gasteiger partial charge in [0.15, 0.2) is 11.5 Å². The van der Waals surface area contributed by atoms with Crippen molar-refractivity contribution < 1.29 is 14.0 Å². The number of nitrogens with zero attached hydrogens (tertiary/aromatic N) is 1. The highest BCUT2D eigenvalue weighted by molar-refractivity contribution is 6.03. The first-order valence-corrected chi connectivity index (χ1v) is 7.00. The van der Waals surface area contributed by atoms with Gasteiger partial charge in [-0.1, -0.05) is 6.07 Å². The molecule has 5 heteroatoms. The lowest BCUT2D eigenvalue weighted by Crippen LogP contribution is -2.23. The minimum Gasteiger partial charge on any atom is -0.455 e. The zero-order valence-electron chi connectivity index (χ0n) is 11.8. The van der Waals surface area contributed by atoms with Crippen LogP contribution in [0.1, 0.15) is 50.8 Å². The van der Waals surface area contributed by atoms with Gasteiger partial charge in [-0.25, -0.2) is 0 Å². The summed E-state index contributed by atoms with van der Waals surface area (Å²) in [7, 11) is 0. The fraction of sp³-hybridized carbons (Fsp3) is 0.312. The maximum atomic E-state index is 12.2. The molecule has 1 aliphatic carbocycles. The summed E-state index contributed by atoms with van der Waals surface area (Å²) in [6, 6.07) is 5.52. The Morgan fingerprint density at radius 3 is 2.95 bits per heavy atom. The number of hydrogen-bond acceptors (Lipinski definition) is 4. The molecule has 0 saturated carbocycles. The van der Waals surface area contributed by atoms with Crippen LogP contribution in [0.4, 0.5) is 0 Å². The highest BCUT2D eigenvalue weighted by atomic mass is 16.4. The van der Waals surface area contributed by atoms with Crippen molar-refractivity contribution in [2.75, 3.05) is 0 Å². The molecule has 0 saturated heterocycles. The largest absolute Gasteiger partial charge is 0.455 e. The number of aromatic nitrogens is 1. The van der Waals surface area contributed by atoms with E-state index in [4.69, 9.17) is 4.42 Å². The van der Waals surface area contributed by atoms with Crippen molar-refractivity contribution in [3.05, 3.63) is 52.7 Å². The minimum absolute atomic E-state index is 0.0706. The SMILES string of the molecule is Cc1c(C(=O)NCc2ccccn2)oc2c1C(=O)CCC2. The Morgan fingerprint density at radius 1 is 1.38 bits per heavy atom. The predicted octanol–water partition coefficient (Wildman–Crippen LogP) is 2.43. The zero-order chi connectivity index (χ0) is 14.8. The highest BCUT2D eigenvalue weighted by Crippen LogP contribution is 2.29. The molecule has 21 heavy (non-hydrogen) atoms. The molecule has 1 aliphatic rings. The first-order chi connectivity index (χ1) is 10.2. The lowest BCUT2D eigenvalue weighted by molar-refractivity contribution is 0.0916. The average Bonchev–Trinajstić information content (AvgIpc) is 2.84. The van der Waals surface area contributed by atoms with Gasteiger partial charge in [0, 0.05) is 24.6 Å². The van der Waals surface area contributed by atoms with Gasteiger partial charge in [-0.2, -0.15) is 0 Å². The average molecular weight is 284 g/mol. The lowest BCUT2D eigenvalue weighted by Gasteiger charge is -2.07. The Balaban J connectivity index is 1.78. The first-order valence-electron chi connectivity index (χ1n) is 7.00. The van der Waals surface area contributed by atoms with Gasteiger partial charge in [0.05, 0.1) is 17.8 Å². The normalized spacial score (nSPS) is 13.9. The van der Waals surface area contributed by atoms with Crippen LogP contribution in [0.5, 0.6) is 0 Å². The van der Waals surface area contributed by atoms with Crippen LogP contribution < -0.4 is 5.32 Å². The van der Waals surface area contributed by atoms with E-state index in [2.05, 4.69) is 10.3 Å². The summed E-state index contributed by atoms with van der Waals surface area (Å²) in [4.78, 5) is 28.3. The topological polar surface area (TPSA) is 72.2 Å². The van der Waals surface area contributed by atoms with Crippen LogP contribution in [-0.4, -0.2) is 16.7 Å². The standard InChI is InChI=1S/C16H16N2O3/c1-10-14-12(19)6-4-7-13(14)21-15(10)16(20)18-9-11-5-2-3-8-17-11/h2-3,5,8H,4,6-7,9H2,1H3,(H,18,20). The van der Waals surface area contributed by atoms with E-state index in [0.29, 0.717) is 29.9 Å². The summed E-state index contributed by atoms with van der Waals surface area (Å²) >= 11 is 0. The van der Waals surface area contributed by atoms with Gasteiger partial charge in [-0.05, 0) is 25.5 Å². The third-order valence-corrected chi connectivity index (χ3v) is 3.67.